The zero-order valence-electron chi connectivity index (χ0n) is 17.4. The maximum absolute atomic E-state index is 14.8. The number of hydrogen-bond acceptors (Lipinski definition) is 5. The Hall–Kier alpha value is -2.90. The monoisotopic (exact) mass is 415 g/mol. The first-order chi connectivity index (χ1) is 14.1. The fourth-order valence-electron chi connectivity index (χ4n) is 4.18. The lowest BCUT2D eigenvalue weighted by Gasteiger charge is -2.50. The van der Waals surface area contributed by atoms with E-state index < -0.39 is 17.0 Å². The maximum Gasteiger partial charge on any atom is 0.410 e. The predicted molar refractivity (Wildman–Crippen MR) is 109 cm³/mol. The molecule has 7 nitrogen and oxygen atoms in total. The summed E-state index contributed by atoms with van der Waals surface area (Å²) in [5.41, 5.74) is 0.438. The van der Waals surface area contributed by atoms with Gasteiger partial charge in [-0.05, 0) is 63.8 Å². The van der Waals surface area contributed by atoms with Crippen molar-refractivity contribution in [3.8, 4) is 0 Å². The molecule has 30 heavy (non-hydrogen) atoms. The molecule has 3 amide bonds. The molecule has 0 radical (unpaired) electrons. The van der Waals surface area contributed by atoms with Crippen molar-refractivity contribution in [2.75, 3.05) is 18.4 Å². The Labute approximate surface area is 174 Å². The van der Waals surface area contributed by atoms with Crippen LogP contribution in [-0.4, -0.2) is 47.0 Å². The topological polar surface area (TPSA) is 87.7 Å². The van der Waals surface area contributed by atoms with Crippen molar-refractivity contribution in [1.82, 2.24) is 10.2 Å². The van der Waals surface area contributed by atoms with Gasteiger partial charge in [-0.25, -0.2) is 9.18 Å². The number of hydrogen-bond donors (Lipinski definition) is 2. The third kappa shape index (κ3) is 3.78. The zero-order chi connectivity index (χ0) is 21.7. The van der Waals surface area contributed by atoms with Crippen molar-refractivity contribution < 1.29 is 23.5 Å². The molecule has 0 spiro atoms. The smallest absolute Gasteiger partial charge is 0.410 e. The molecule has 3 fully saturated rings. The number of carbonyl (C=O) groups excluding carboxylic acids is 3. The van der Waals surface area contributed by atoms with Gasteiger partial charge in [-0.3, -0.25) is 14.9 Å². The van der Waals surface area contributed by atoms with Crippen LogP contribution in [0.25, 0.3) is 5.57 Å². The summed E-state index contributed by atoms with van der Waals surface area (Å²) in [7, 11) is 0. The van der Waals surface area contributed by atoms with Gasteiger partial charge < -0.3 is 15.0 Å². The van der Waals surface area contributed by atoms with E-state index >= 15 is 0 Å². The molecule has 2 bridgehead atoms. The molecule has 5 rings (SSSR count). The minimum absolute atomic E-state index is 0.153. The van der Waals surface area contributed by atoms with Crippen molar-refractivity contribution in [1.29, 1.82) is 0 Å². The number of anilines is 1. The van der Waals surface area contributed by atoms with Gasteiger partial charge in [0.15, 0.2) is 0 Å². The fraction of sp³-hybridized carbons (Fsp3) is 0.500. The van der Waals surface area contributed by atoms with Gasteiger partial charge >= 0.3 is 6.09 Å². The van der Waals surface area contributed by atoms with E-state index in [1.54, 1.807) is 17.0 Å². The quantitative estimate of drug-likeness (QED) is 0.741. The van der Waals surface area contributed by atoms with Crippen molar-refractivity contribution in [2.24, 2.45) is 5.92 Å². The second-order valence-corrected chi connectivity index (χ2v) is 9.23. The first kappa shape index (κ1) is 20.4. The van der Waals surface area contributed by atoms with E-state index in [2.05, 4.69) is 10.6 Å². The third-order valence-corrected chi connectivity index (χ3v) is 5.79. The number of piperidine rings is 2. The average Bonchev–Trinajstić information content (AvgIpc) is 2.62. The van der Waals surface area contributed by atoms with Crippen LogP contribution in [0.1, 0.15) is 45.6 Å². The summed E-state index contributed by atoms with van der Waals surface area (Å²) in [6.45, 7) is 6.28. The molecule has 8 heteroatoms. The highest BCUT2D eigenvalue weighted by atomic mass is 19.1. The van der Waals surface area contributed by atoms with Crippen LogP contribution in [0.2, 0.25) is 0 Å². The zero-order valence-corrected chi connectivity index (χ0v) is 17.4. The number of halogens is 1. The molecular weight excluding hydrogens is 389 g/mol. The van der Waals surface area contributed by atoms with Crippen LogP contribution in [0, 0.1) is 11.7 Å². The number of rotatable bonds is 3. The normalized spacial score (nSPS) is 25.8. The second kappa shape index (κ2) is 7.11. The summed E-state index contributed by atoms with van der Waals surface area (Å²) in [6.07, 6.45) is 2.87. The van der Waals surface area contributed by atoms with E-state index in [0.717, 1.165) is 5.57 Å². The molecule has 1 aliphatic carbocycles. The first-order valence-electron chi connectivity index (χ1n) is 10.2. The number of ether oxygens (including phenoxy) is 1. The lowest BCUT2D eigenvalue weighted by Crippen LogP contribution is -2.69. The van der Waals surface area contributed by atoms with Gasteiger partial charge in [0.2, 0.25) is 5.91 Å². The highest BCUT2D eigenvalue weighted by molar-refractivity contribution is 6.08. The van der Waals surface area contributed by atoms with Gasteiger partial charge in [0.1, 0.15) is 17.0 Å². The van der Waals surface area contributed by atoms with Gasteiger partial charge in [0.05, 0.1) is 0 Å². The Morgan fingerprint density at radius 3 is 2.60 bits per heavy atom. The Morgan fingerprint density at radius 2 is 2.03 bits per heavy atom. The standard InChI is InChI=1S/C22H26FN3O4/c1-21(2,3)30-20(29)26-8-6-13(7-9-26)16-5-4-15(10-17(16)23)25-22-11-14(12-22)18(27)24-19(22)28/h4-6,10,14,25H,7-9,11-12H2,1-3H3,(H,24,27,28). The highest BCUT2D eigenvalue weighted by Gasteiger charge is 2.57. The summed E-state index contributed by atoms with van der Waals surface area (Å²) in [5.74, 6) is -1.12. The van der Waals surface area contributed by atoms with Crippen molar-refractivity contribution in [3.05, 3.63) is 35.7 Å². The minimum Gasteiger partial charge on any atom is -0.444 e. The van der Waals surface area contributed by atoms with Crippen LogP contribution in [0.15, 0.2) is 24.3 Å². The molecule has 2 saturated heterocycles. The van der Waals surface area contributed by atoms with Gasteiger partial charge in [-0.15, -0.1) is 0 Å². The van der Waals surface area contributed by atoms with Crippen LogP contribution < -0.4 is 10.6 Å². The van der Waals surface area contributed by atoms with Gasteiger partial charge in [0, 0.05) is 30.3 Å². The molecule has 0 unspecified atom stereocenters. The van der Waals surface area contributed by atoms with Gasteiger partial charge in [-0.1, -0.05) is 6.08 Å². The second-order valence-electron chi connectivity index (χ2n) is 9.23. The number of imide groups is 1. The number of amides is 3. The average molecular weight is 415 g/mol. The van der Waals surface area contributed by atoms with Crippen LogP contribution in [-0.2, 0) is 14.3 Å². The Morgan fingerprint density at radius 1 is 1.30 bits per heavy atom. The van der Waals surface area contributed by atoms with Crippen LogP contribution in [0.3, 0.4) is 0 Å². The Bertz CT molecular complexity index is 944. The molecule has 3 aliphatic heterocycles. The maximum atomic E-state index is 14.8. The van der Waals surface area contributed by atoms with E-state index in [-0.39, 0.29) is 23.8 Å². The minimum atomic E-state index is -0.829. The lowest BCUT2D eigenvalue weighted by molar-refractivity contribution is -0.149. The lowest BCUT2D eigenvalue weighted by atomic mass is 9.64. The summed E-state index contributed by atoms with van der Waals surface area (Å²) in [6, 6.07) is 4.80. The molecule has 2 N–H and O–H groups in total. The number of nitrogens with one attached hydrogen (secondary N) is 2. The largest absolute Gasteiger partial charge is 0.444 e. The highest BCUT2D eigenvalue weighted by Crippen LogP contribution is 2.44. The molecule has 160 valence electrons. The molecule has 1 aromatic carbocycles. The molecule has 3 heterocycles. The molecule has 1 saturated carbocycles. The Kier molecular flexibility index (Phi) is 4.83. The summed E-state index contributed by atoms with van der Waals surface area (Å²) < 4.78 is 20.2. The van der Waals surface area contributed by atoms with Crippen LogP contribution >= 0.6 is 0 Å². The van der Waals surface area contributed by atoms with Crippen molar-refractivity contribution in [2.45, 2.75) is 51.2 Å². The van der Waals surface area contributed by atoms with E-state index in [1.807, 2.05) is 26.8 Å². The predicted octanol–water partition coefficient (Wildman–Crippen LogP) is 3.07. The first-order valence-corrected chi connectivity index (χ1v) is 10.2. The van der Waals surface area contributed by atoms with Crippen molar-refractivity contribution >= 4 is 29.2 Å². The third-order valence-electron chi connectivity index (χ3n) is 5.79. The van der Waals surface area contributed by atoms with E-state index in [9.17, 15) is 18.8 Å². The Balaban J connectivity index is 1.43. The van der Waals surface area contributed by atoms with Gasteiger partial charge in [0.25, 0.3) is 5.91 Å². The van der Waals surface area contributed by atoms with E-state index in [4.69, 9.17) is 4.74 Å². The molecule has 4 aliphatic rings. The molecule has 1 aromatic rings. The number of carbonyl (C=O) groups is 3. The van der Waals surface area contributed by atoms with Crippen molar-refractivity contribution in [3.63, 3.8) is 0 Å². The summed E-state index contributed by atoms with van der Waals surface area (Å²) in [5, 5.41) is 5.47. The molecular formula is C22H26FN3O4. The fourth-order valence-corrected chi connectivity index (χ4v) is 4.18. The van der Waals surface area contributed by atoms with E-state index in [1.165, 1.54) is 6.07 Å². The van der Waals surface area contributed by atoms with Crippen LogP contribution in [0.4, 0.5) is 14.9 Å². The van der Waals surface area contributed by atoms with Crippen LogP contribution in [0.5, 0.6) is 0 Å². The molecule has 0 aromatic heterocycles. The van der Waals surface area contributed by atoms with E-state index in [0.29, 0.717) is 43.6 Å². The summed E-state index contributed by atoms with van der Waals surface area (Å²) in [4.78, 5) is 37.6. The number of benzene rings is 1. The molecule has 0 atom stereocenters. The number of fused-ring (bicyclic) bond motifs is 2. The summed E-state index contributed by atoms with van der Waals surface area (Å²) >= 11 is 0. The van der Waals surface area contributed by atoms with Gasteiger partial charge in [-0.2, -0.15) is 0 Å². The SMILES string of the molecule is CC(C)(C)OC(=O)N1CC=C(c2ccc(NC34CC(C3)C(=O)NC4=O)cc2F)CC1. The number of nitrogens with zero attached hydrogens (tertiary/aromatic N) is 1.